The van der Waals surface area contributed by atoms with Crippen molar-refractivity contribution >= 4 is 11.6 Å². The van der Waals surface area contributed by atoms with E-state index < -0.39 is 0 Å². The van der Waals surface area contributed by atoms with Crippen molar-refractivity contribution in [3.05, 3.63) is 72.9 Å². The number of para-hydroxylation sites is 2. The van der Waals surface area contributed by atoms with Gasteiger partial charge in [-0.05, 0) is 49.4 Å². The van der Waals surface area contributed by atoms with Gasteiger partial charge < -0.3 is 19.5 Å². The Kier molecular flexibility index (Phi) is 6.25. The molecule has 3 aromatic rings. The van der Waals surface area contributed by atoms with Crippen molar-refractivity contribution in [1.29, 1.82) is 0 Å². The second kappa shape index (κ2) is 9.24. The predicted octanol–water partition coefficient (Wildman–Crippen LogP) is 4.29. The quantitative estimate of drug-likeness (QED) is 0.646. The molecule has 1 amide bonds. The van der Waals surface area contributed by atoms with Crippen molar-refractivity contribution in [1.82, 2.24) is 4.98 Å². The van der Waals surface area contributed by atoms with E-state index in [9.17, 15) is 4.79 Å². The van der Waals surface area contributed by atoms with Crippen molar-refractivity contribution in [2.24, 2.45) is 0 Å². The number of rotatable bonds is 8. The summed E-state index contributed by atoms with van der Waals surface area (Å²) in [5.74, 6) is 2.08. The summed E-state index contributed by atoms with van der Waals surface area (Å²) in [5.41, 5.74) is 0.618. The second-order valence-corrected chi connectivity index (χ2v) is 5.51. The zero-order valence-corrected chi connectivity index (χ0v) is 14.9. The molecule has 138 valence electrons. The summed E-state index contributed by atoms with van der Waals surface area (Å²) in [5, 5.41) is 2.79. The largest absolute Gasteiger partial charge is 0.492 e. The third-order valence-electron chi connectivity index (χ3n) is 3.51. The Morgan fingerprint density at radius 2 is 1.67 bits per heavy atom. The van der Waals surface area contributed by atoms with Crippen molar-refractivity contribution in [3.8, 4) is 23.1 Å². The molecule has 0 spiro atoms. The van der Waals surface area contributed by atoms with Gasteiger partial charge in [-0.15, -0.1) is 0 Å². The van der Waals surface area contributed by atoms with Crippen LogP contribution in [0.2, 0.25) is 0 Å². The van der Waals surface area contributed by atoms with E-state index in [2.05, 4.69) is 10.3 Å². The number of ether oxygens (including phenoxy) is 3. The number of benzene rings is 2. The van der Waals surface area contributed by atoms with Gasteiger partial charge in [0.15, 0.2) is 6.61 Å². The lowest BCUT2D eigenvalue weighted by Crippen LogP contribution is -2.20. The first-order chi connectivity index (χ1) is 13.2. The first-order valence-electron chi connectivity index (χ1n) is 8.58. The minimum Gasteiger partial charge on any atom is -0.492 e. The van der Waals surface area contributed by atoms with Gasteiger partial charge >= 0.3 is 0 Å². The molecule has 0 aliphatic rings. The van der Waals surface area contributed by atoms with Gasteiger partial charge in [-0.1, -0.05) is 18.2 Å². The van der Waals surface area contributed by atoms with E-state index in [0.29, 0.717) is 35.4 Å². The van der Waals surface area contributed by atoms with Crippen molar-refractivity contribution < 1.29 is 19.0 Å². The van der Waals surface area contributed by atoms with E-state index in [1.165, 1.54) is 0 Å². The standard InChI is InChI=1S/C21H20N2O4/c1-2-25-19-8-4-3-7-18(19)23-20(24)15-26-16-10-12-17(13-11-16)27-21-9-5-6-14-22-21/h3-14H,2,15H2,1H3,(H,23,24). The normalized spacial score (nSPS) is 10.1. The molecule has 6 heteroatoms. The Balaban J connectivity index is 1.52. The molecule has 27 heavy (non-hydrogen) atoms. The number of aromatic nitrogens is 1. The lowest BCUT2D eigenvalue weighted by molar-refractivity contribution is -0.118. The first-order valence-corrected chi connectivity index (χ1v) is 8.58. The van der Waals surface area contributed by atoms with Gasteiger partial charge in [0, 0.05) is 12.3 Å². The van der Waals surface area contributed by atoms with Crippen LogP contribution < -0.4 is 19.5 Å². The Labute approximate surface area is 157 Å². The number of nitrogens with zero attached hydrogens (tertiary/aromatic N) is 1. The summed E-state index contributed by atoms with van der Waals surface area (Å²) in [6.45, 7) is 2.31. The Bertz CT molecular complexity index is 867. The van der Waals surface area contributed by atoms with Crippen molar-refractivity contribution in [2.45, 2.75) is 6.92 Å². The molecule has 1 N–H and O–H groups in total. The van der Waals surface area contributed by atoms with Crippen molar-refractivity contribution in [3.63, 3.8) is 0 Å². The highest BCUT2D eigenvalue weighted by Crippen LogP contribution is 2.24. The highest BCUT2D eigenvalue weighted by molar-refractivity contribution is 5.93. The molecule has 0 radical (unpaired) electrons. The van der Waals surface area contributed by atoms with Crippen LogP contribution in [0, 0.1) is 0 Å². The van der Waals surface area contributed by atoms with Gasteiger partial charge in [0.1, 0.15) is 17.2 Å². The average molecular weight is 364 g/mol. The molecule has 0 bridgehead atoms. The molecule has 0 aliphatic carbocycles. The number of anilines is 1. The smallest absolute Gasteiger partial charge is 0.262 e. The third kappa shape index (κ3) is 5.47. The van der Waals surface area contributed by atoms with Crippen LogP contribution in [0.25, 0.3) is 0 Å². The van der Waals surface area contributed by atoms with Crippen molar-refractivity contribution in [2.75, 3.05) is 18.5 Å². The molecule has 0 unspecified atom stereocenters. The molecule has 0 aliphatic heterocycles. The molecular weight excluding hydrogens is 344 g/mol. The number of nitrogens with one attached hydrogen (secondary N) is 1. The van der Waals surface area contributed by atoms with Gasteiger partial charge in [-0.3, -0.25) is 4.79 Å². The molecule has 3 rings (SSSR count). The van der Waals surface area contributed by atoms with Crippen LogP contribution in [0.15, 0.2) is 72.9 Å². The average Bonchev–Trinajstić information content (AvgIpc) is 2.70. The van der Waals surface area contributed by atoms with Crippen LogP contribution in [0.4, 0.5) is 5.69 Å². The van der Waals surface area contributed by atoms with Crippen LogP contribution in [0.5, 0.6) is 23.1 Å². The van der Waals surface area contributed by atoms with Crippen LogP contribution in [0.1, 0.15) is 6.92 Å². The first kappa shape index (κ1) is 18.3. The van der Waals surface area contributed by atoms with Gasteiger partial charge in [-0.2, -0.15) is 0 Å². The second-order valence-electron chi connectivity index (χ2n) is 5.51. The lowest BCUT2D eigenvalue weighted by Gasteiger charge is -2.12. The Hall–Kier alpha value is -3.54. The summed E-state index contributed by atoms with van der Waals surface area (Å²) >= 11 is 0. The number of hydrogen-bond donors (Lipinski definition) is 1. The zero-order valence-electron chi connectivity index (χ0n) is 14.9. The predicted molar refractivity (Wildman–Crippen MR) is 102 cm³/mol. The van der Waals surface area contributed by atoms with E-state index in [-0.39, 0.29) is 12.5 Å². The van der Waals surface area contributed by atoms with Gasteiger partial charge in [-0.25, -0.2) is 4.98 Å². The lowest BCUT2D eigenvalue weighted by atomic mass is 10.3. The van der Waals surface area contributed by atoms with E-state index >= 15 is 0 Å². The number of hydrogen-bond acceptors (Lipinski definition) is 5. The molecule has 1 heterocycles. The fourth-order valence-electron chi connectivity index (χ4n) is 2.32. The molecular formula is C21H20N2O4. The van der Waals surface area contributed by atoms with Crippen LogP contribution in [-0.2, 0) is 4.79 Å². The van der Waals surface area contributed by atoms with E-state index in [0.717, 1.165) is 0 Å². The van der Waals surface area contributed by atoms with Crippen LogP contribution in [-0.4, -0.2) is 24.1 Å². The highest BCUT2D eigenvalue weighted by Gasteiger charge is 2.08. The van der Waals surface area contributed by atoms with Gasteiger partial charge in [0.25, 0.3) is 5.91 Å². The number of carbonyl (C=O) groups is 1. The molecule has 1 aromatic heterocycles. The molecule has 0 saturated heterocycles. The Morgan fingerprint density at radius 1 is 0.926 bits per heavy atom. The van der Waals surface area contributed by atoms with Crippen LogP contribution in [0.3, 0.4) is 0 Å². The molecule has 0 fully saturated rings. The minimum absolute atomic E-state index is 0.110. The molecule has 0 saturated carbocycles. The summed E-state index contributed by atoms with van der Waals surface area (Å²) in [6.07, 6.45) is 1.66. The maximum absolute atomic E-state index is 12.1. The monoisotopic (exact) mass is 364 g/mol. The highest BCUT2D eigenvalue weighted by atomic mass is 16.5. The molecule has 2 aromatic carbocycles. The summed E-state index contributed by atoms with van der Waals surface area (Å²) in [6, 6.07) is 19.7. The summed E-state index contributed by atoms with van der Waals surface area (Å²) in [4.78, 5) is 16.2. The fraction of sp³-hybridized carbons (Fsp3) is 0.143. The Morgan fingerprint density at radius 3 is 2.41 bits per heavy atom. The fourth-order valence-corrected chi connectivity index (χ4v) is 2.32. The maximum Gasteiger partial charge on any atom is 0.262 e. The molecule has 6 nitrogen and oxygen atoms in total. The topological polar surface area (TPSA) is 69.7 Å². The van der Waals surface area contributed by atoms with E-state index in [4.69, 9.17) is 14.2 Å². The summed E-state index contributed by atoms with van der Waals surface area (Å²) < 4.78 is 16.6. The van der Waals surface area contributed by atoms with Crippen LogP contribution >= 0.6 is 0 Å². The van der Waals surface area contributed by atoms with Gasteiger partial charge in [0.05, 0.1) is 12.3 Å². The van der Waals surface area contributed by atoms with E-state index in [1.807, 2.05) is 31.2 Å². The van der Waals surface area contributed by atoms with Gasteiger partial charge in [0.2, 0.25) is 5.88 Å². The number of amides is 1. The summed E-state index contributed by atoms with van der Waals surface area (Å²) in [7, 11) is 0. The number of carbonyl (C=O) groups excluding carboxylic acids is 1. The minimum atomic E-state index is -0.268. The SMILES string of the molecule is CCOc1ccccc1NC(=O)COc1ccc(Oc2ccccn2)cc1. The number of pyridine rings is 1. The molecule has 0 atom stereocenters. The zero-order chi connectivity index (χ0) is 18.9. The van der Waals surface area contributed by atoms with E-state index in [1.54, 1.807) is 48.7 Å². The third-order valence-corrected chi connectivity index (χ3v) is 3.51. The maximum atomic E-state index is 12.1.